The van der Waals surface area contributed by atoms with Crippen LogP contribution in [0.2, 0.25) is 5.02 Å². The molecular weight excluding hydrogens is 302 g/mol. The molecular formula is C13H13BrClNO. The monoisotopic (exact) mass is 313 g/mol. The van der Waals surface area contributed by atoms with Crippen LogP contribution in [0.25, 0.3) is 0 Å². The Morgan fingerprint density at radius 3 is 2.82 bits per heavy atom. The maximum atomic E-state index is 12.4. The molecule has 0 N–H and O–H groups in total. The number of hydrogen-bond donors (Lipinski definition) is 0. The van der Waals surface area contributed by atoms with Crippen molar-refractivity contribution in [2.45, 2.75) is 25.3 Å². The van der Waals surface area contributed by atoms with Crippen LogP contribution in [-0.4, -0.2) is 23.4 Å². The lowest BCUT2D eigenvalue weighted by molar-refractivity contribution is 0.0703. The Balaban J connectivity index is 1.84. The quantitative estimate of drug-likeness (QED) is 0.773. The number of amides is 1. The van der Waals surface area contributed by atoms with Crippen LogP contribution in [0.1, 0.15) is 29.6 Å². The molecule has 1 aliphatic carbocycles. The van der Waals surface area contributed by atoms with Gasteiger partial charge in [-0.25, -0.2) is 0 Å². The van der Waals surface area contributed by atoms with Gasteiger partial charge in [0.2, 0.25) is 0 Å². The van der Waals surface area contributed by atoms with E-state index < -0.39 is 0 Å². The van der Waals surface area contributed by atoms with Gasteiger partial charge in [0.05, 0.1) is 5.02 Å². The fraction of sp³-hybridized carbons (Fsp3) is 0.462. The van der Waals surface area contributed by atoms with Gasteiger partial charge in [-0.3, -0.25) is 4.79 Å². The largest absolute Gasteiger partial charge is 0.335 e. The second kappa shape index (κ2) is 4.29. The van der Waals surface area contributed by atoms with E-state index in [4.69, 9.17) is 11.6 Å². The number of carbonyl (C=O) groups excluding carboxylic acids is 1. The number of hydrogen-bond acceptors (Lipinski definition) is 1. The zero-order valence-corrected chi connectivity index (χ0v) is 11.7. The summed E-state index contributed by atoms with van der Waals surface area (Å²) in [7, 11) is 0. The number of nitrogens with zero attached hydrogens (tertiary/aromatic N) is 1. The summed E-state index contributed by atoms with van der Waals surface area (Å²) in [5, 5.41) is 0.643. The zero-order valence-electron chi connectivity index (χ0n) is 9.33. The maximum absolute atomic E-state index is 12.4. The fourth-order valence-corrected chi connectivity index (χ4v) is 3.46. The Kier molecular flexibility index (Phi) is 2.91. The summed E-state index contributed by atoms with van der Waals surface area (Å²) in [6, 6.07) is 5.87. The number of piperidine rings is 1. The van der Waals surface area contributed by atoms with Crippen LogP contribution in [-0.2, 0) is 0 Å². The minimum atomic E-state index is 0.148. The average Bonchev–Trinajstić information content (AvgIpc) is 2.93. The highest BCUT2D eigenvalue weighted by molar-refractivity contribution is 9.10. The molecule has 1 saturated heterocycles. The Morgan fingerprint density at radius 1 is 1.41 bits per heavy atom. The van der Waals surface area contributed by atoms with E-state index in [0.717, 1.165) is 22.5 Å². The molecule has 1 saturated carbocycles. The predicted octanol–water partition coefficient (Wildman–Crippen LogP) is 3.73. The van der Waals surface area contributed by atoms with Gasteiger partial charge in [-0.2, -0.15) is 0 Å². The Labute approximate surface area is 114 Å². The molecule has 2 unspecified atom stereocenters. The van der Waals surface area contributed by atoms with Crippen LogP contribution < -0.4 is 0 Å². The highest BCUT2D eigenvalue weighted by Crippen LogP contribution is 2.38. The summed E-state index contributed by atoms with van der Waals surface area (Å²) in [5.41, 5.74) is 0.730. The third-order valence-electron chi connectivity index (χ3n) is 3.84. The first-order valence-corrected chi connectivity index (χ1v) is 7.08. The summed E-state index contributed by atoms with van der Waals surface area (Å²) in [6.07, 6.45) is 3.66. The highest BCUT2D eigenvalue weighted by Gasteiger charge is 2.40. The third-order valence-corrected chi connectivity index (χ3v) is 5.05. The fourth-order valence-electron chi connectivity index (χ4n) is 2.97. The number of likely N-dealkylation sites (tertiary alicyclic amines) is 1. The van der Waals surface area contributed by atoms with Gasteiger partial charge in [0.1, 0.15) is 0 Å². The van der Waals surface area contributed by atoms with Crippen molar-refractivity contribution in [2.24, 2.45) is 5.92 Å². The van der Waals surface area contributed by atoms with Gasteiger partial charge >= 0.3 is 0 Å². The molecule has 17 heavy (non-hydrogen) atoms. The molecule has 0 spiro atoms. The van der Waals surface area contributed by atoms with Crippen molar-refractivity contribution < 1.29 is 4.79 Å². The number of benzene rings is 1. The summed E-state index contributed by atoms with van der Waals surface area (Å²) in [5.74, 6) is 0.884. The number of fused-ring (bicyclic) bond motifs is 2. The van der Waals surface area contributed by atoms with Crippen molar-refractivity contribution in [3.05, 3.63) is 33.3 Å². The third kappa shape index (κ3) is 2.00. The van der Waals surface area contributed by atoms with E-state index in [1.807, 2.05) is 11.0 Å². The molecule has 0 radical (unpaired) electrons. The number of carbonyl (C=O) groups is 1. The van der Waals surface area contributed by atoms with Gasteiger partial charge in [-0.05, 0) is 59.3 Å². The van der Waals surface area contributed by atoms with Gasteiger partial charge in [-0.15, -0.1) is 0 Å². The molecule has 1 aromatic carbocycles. The van der Waals surface area contributed by atoms with Crippen LogP contribution in [0, 0.1) is 5.92 Å². The first-order valence-electron chi connectivity index (χ1n) is 5.91. The summed E-state index contributed by atoms with van der Waals surface area (Å²) < 4.78 is 0.786. The Hall–Kier alpha value is -0.540. The minimum absolute atomic E-state index is 0.148. The van der Waals surface area contributed by atoms with E-state index in [0.29, 0.717) is 11.1 Å². The van der Waals surface area contributed by atoms with Crippen LogP contribution in [0.15, 0.2) is 22.7 Å². The lowest BCUT2D eigenvalue weighted by Gasteiger charge is -2.27. The van der Waals surface area contributed by atoms with Crippen molar-refractivity contribution in [3.63, 3.8) is 0 Å². The van der Waals surface area contributed by atoms with Gasteiger partial charge < -0.3 is 4.90 Å². The van der Waals surface area contributed by atoms with Crippen molar-refractivity contribution >= 4 is 33.4 Å². The molecule has 1 aliphatic heterocycles. The first kappa shape index (κ1) is 11.5. The summed E-state index contributed by atoms with van der Waals surface area (Å²) in [4.78, 5) is 14.4. The van der Waals surface area contributed by atoms with Gasteiger partial charge in [-0.1, -0.05) is 11.6 Å². The van der Waals surface area contributed by atoms with Crippen molar-refractivity contribution in [1.29, 1.82) is 0 Å². The smallest absolute Gasteiger partial charge is 0.254 e. The zero-order chi connectivity index (χ0) is 12.0. The van der Waals surface area contributed by atoms with Crippen LogP contribution in [0.3, 0.4) is 0 Å². The minimum Gasteiger partial charge on any atom is -0.335 e. The molecule has 1 aromatic rings. The second-order valence-electron chi connectivity index (χ2n) is 4.92. The van der Waals surface area contributed by atoms with Gasteiger partial charge in [0.15, 0.2) is 0 Å². The van der Waals surface area contributed by atoms with Crippen LogP contribution >= 0.6 is 27.5 Å². The molecule has 2 nitrogen and oxygen atoms in total. The summed E-state index contributed by atoms with van der Waals surface area (Å²) in [6.45, 7) is 0.934. The molecule has 0 aromatic heterocycles. The van der Waals surface area contributed by atoms with E-state index in [2.05, 4.69) is 15.9 Å². The van der Waals surface area contributed by atoms with E-state index >= 15 is 0 Å². The van der Waals surface area contributed by atoms with Crippen molar-refractivity contribution in [2.75, 3.05) is 6.54 Å². The van der Waals surface area contributed by atoms with Gasteiger partial charge in [0, 0.05) is 22.6 Å². The molecule has 4 heteroatoms. The van der Waals surface area contributed by atoms with Gasteiger partial charge in [0.25, 0.3) is 5.91 Å². The molecule has 2 aliphatic rings. The standard InChI is InChI=1S/C13H13BrClNO/c14-11-6-9(2-4-12(11)15)13(17)16-7-8-1-3-10(16)5-8/h2,4,6,8,10H,1,3,5,7H2. The number of halogens is 2. The van der Waals surface area contributed by atoms with E-state index in [-0.39, 0.29) is 5.91 Å². The maximum Gasteiger partial charge on any atom is 0.254 e. The molecule has 1 heterocycles. The number of rotatable bonds is 1. The van der Waals surface area contributed by atoms with E-state index in [9.17, 15) is 4.79 Å². The lowest BCUT2D eigenvalue weighted by Crippen LogP contribution is -2.37. The van der Waals surface area contributed by atoms with E-state index in [1.54, 1.807) is 12.1 Å². The topological polar surface area (TPSA) is 20.3 Å². The van der Waals surface area contributed by atoms with Crippen molar-refractivity contribution in [3.8, 4) is 0 Å². The summed E-state index contributed by atoms with van der Waals surface area (Å²) >= 11 is 9.30. The van der Waals surface area contributed by atoms with Crippen LogP contribution in [0.5, 0.6) is 0 Å². The molecule has 90 valence electrons. The SMILES string of the molecule is O=C(c1ccc(Cl)c(Br)c1)N1CC2CCC1C2. The molecule has 1 amide bonds. The highest BCUT2D eigenvalue weighted by atomic mass is 79.9. The average molecular weight is 315 g/mol. The van der Waals surface area contributed by atoms with Crippen molar-refractivity contribution in [1.82, 2.24) is 4.90 Å². The second-order valence-corrected chi connectivity index (χ2v) is 6.18. The van der Waals surface area contributed by atoms with Crippen LogP contribution in [0.4, 0.5) is 0 Å². The normalized spacial score (nSPS) is 26.6. The first-order chi connectivity index (χ1) is 8.15. The molecule has 2 atom stereocenters. The predicted molar refractivity (Wildman–Crippen MR) is 71.3 cm³/mol. The molecule has 3 rings (SSSR count). The Bertz CT molecular complexity index is 476. The molecule has 2 bridgehead atoms. The lowest BCUT2D eigenvalue weighted by atomic mass is 10.1. The Morgan fingerprint density at radius 2 is 2.24 bits per heavy atom. The van der Waals surface area contributed by atoms with E-state index in [1.165, 1.54) is 19.3 Å². The molecule has 2 fully saturated rings.